The number of ether oxygens (including phenoxy) is 6. The van der Waals surface area contributed by atoms with Crippen molar-refractivity contribution in [3.63, 3.8) is 0 Å². The first-order valence-electron chi connectivity index (χ1n) is 7.77. The van der Waals surface area contributed by atoms with Crippen molar-refractivity contribution in [2.45, 2.75) is 0 Å². The molecule has 23 heavy (non-hydrogen) atoms. The smallest absolute Gasteiger partial charge is 0.331 e. The van der Waals surface area contributed by atoms with Crippen LogP contribution < -0.4 is 0 Å². The molecule has 0 aliphatic rings. The summed E-state index contributed by atoms with van der Waals surface area (Å²) in [4.78, 5) is 12.8. The van der Waals surface area contributed by atoms with Crippen molar-refractivity contribution in [2.75, 3.05) is 93.8 Å². The van der Waals surface area contributed by atoms with Crippen LogP contribution in [0, 0.1) is 0 Å². The fourth-order valence-electron chi connectivity index (χ4n) is 1.34. The van der Waals surface area contributed by atoms with Crippen molar-refractivity contribution in [2.24, 2.45) is 0 Å². The molecule has 8 heteroatoms. The lowest BCUT2D eigenvalue weighted by Crippen LogP contribution is -2.19. The Hall–Kier alpha value is -0.770. The molecule has 0 bridgehead atoms. The van der Waals surface area contributed by atoms with Crippen molar-refractivity contribution in [3.8, 4) is 0 Å². The predicted molar refractivity (Wildman–Crippen MR) is 84.7 cm³/mol. The van der Waals surface area contributed by atoms with E-state index in [1.54, 1.807) is 0 Å². The van der Waals surface area contributed by atoms with Crippen LogP contribution in [0.5, 0.6) is 0 Å². The molecule has 0 heterocycles. The van der Waals surface area contributed by atoms with E-state index >= 15 is 0 Å². The molecule has 138 valence electrons. The molecule has 0 aromatic heterocycles. The van der Waals surface area contributed by atoms with E-state index in [4.69, 9.17) is 23.7 Å². The topological polar surface area (TPSA) is 75.7 Å². The molecule has 0 atom stereocenters. The average molecular weight is 337 g/mol. The minimum atomic E-state index is -0.392. The highest BCUT2D eigenvalue weighted by Gasteiger charge is 1.98. The second-order valence-corrected chi connectivity index (χ2v) is 4.88. The van der Waals surface area contributed by atoms with E-state index in [2.05, 4.69) is 9.64 Å². The third-order valence-electron chi connectivity index (χ3n) is 2.62. The van der Waals surface area contributed by atoms with E-state index in [0.717, 1.165) is 6.54 Å². The normalized spacial score (nSPS) is 11.1. The zero-order valence-corrected chi connectivity index (χ0v) is 14.6. The summed E-state index contributed by atoms with van der Waals surface area (Å²) in [6.07, 6.45) is 0. The van der Waals surface area contributed by atoms with Crippen LogP contribution in [0.15, 0.2) is 0 Å². The maximum absolute atomic E-state index is 10.7. The molecule has 0 aliphatic carbocycles. The molecule has 0 saturated carbocycles. The summed E-state index contributed by atoms with van der Waals surface area (Å²) in [5.74, 6) is -0.392. The Bertz CT molecular complexity index is 264. The van der Waals surface area contributed by atoms with Crippen molar-refractivity contribution in [3.05, 3.63) is 0 Å². The Labute approximate surface area is 138 Å². The molecule has 0 amide bonds. The number of hydrogen-bond acceptors (Lipinski definition) is 8. The number of rotatable bonds is 17. The average Bonchev–Trinajstić information content (AvgIpc) is 2.53. The van der Waals surface area contributed by atoms with Gasteiger partial charge < -0.3 is 33.3 Å². The number of carbonyl (C=O) groups excluding carboxylic acids is 1. The van der Waals surface area contributed by atoms with E-state index in [0.29, 0.717) is 59.5 Å². The van der Waals surface area contributed by atoms with Gasteiger partial charge in [0.2, 0.25) is 0 Å². The maximum atomic E-state index is 10.7. The molecule has 0 saturated heterocycles. The molecule has 0 radical (unpaired) electrons. The number of likely N-dealkylation sites (N-methyl/N-ethyl adjacent to an activating group) is 1. The van der Waals surface area contributed by atoms with Gasteiger partial charge in [0.05, 0.1) is 66.6 Å². The fourth-order valence-corrected chi connectivity index (χ4v) is 1.34. The van der Waals surface area contributed by atoms with E-state index in [1.807, 2.05) is 14.1 Å². The van der Waals surface area contributed by atoms with Crippen LogP contribution in [0.1, 0.15) is 0 Å². The first kappa shape index (κ1) is 22.2. The summed E-state index contributed by atoms with van der Waals surface area (Å²) >= 11 is 0. The van der Waals surface area contributed by atoms with Crippen LogP contribution in [0.3, 0.4) is 0 Å². The van der Waals surface area contributed by atoms with Gasteiger partial charge in [0.15, 0.2) is 0 Å². The van der Waals surface area contributed by atoms with Gasteiger partial charge in [0.1, 0.15) is 6.61 Å². The minimum Gasteiger partial charge on any atom is -0.467 e. The molecule has 0 spiro atoms. The van der Waals surface area contributed by atoms with Crippen molar-refractivity contribution >= 4 is 5.97 Å². The lowest BCUT2D eigenvalue weighted by Gasteiger charge is -2.10. The highest BCUT2D eigenvalue weighted by Crippen LogP contribution is 1.85. The van der Waals surface area contributed by atoms with Gasteiger partial charge in [-0.05, 0) is 14.1 Å². The second-order valence-electron chi connectivity index (χ2n) is 4.88. The largest absolute Gasteiger partial charge is 0.467 e. The van der Waals surface area contributed by atoms with Crippen LogP contribution >= 0.6 is 0 Å². The standard InChI is InChI=1S/C15H31NO7/c1-16(2)4-5-19-6-7-20-8-9-21-10-11-22-12-13-23-14-15(17)18-3/h4-14H2,1-3H3. The van der Waals surface area contributed by atoms with Gasteiger partial charge in [0, 0.05) is 6.54 Å². The molecular weight excluding hydrogens is 306 g/mol. The molecular formula is C15H31NO7. The Morgan fingerprint density at radius 1 is 0.696 bits per heavy atom. The van der Waals surface area contributed by atoms with Crippen molar-refractivity contribution < 1.29 is 33.2 Å². The van der Waals surface area contributed by atoms with Gasteiger partial charge in [-0.2, -0.15) is 0 Å². The van der Waals surface area contributed by atoms with Crippen LogP contribution in [-0.4, -0.2) is 105 Å². The monoisotopic (exact) mass is 337 g/mol. The van der Waals surface area contributed by atoms with Crippen molar-refractivity contribution in [1.82, 2.24) is 4.90 Å². The van der Waals surface area contributed by atoms with E-state index in [-0.39, 0.29) is 6.61 Å². The van der Waals surface area contributed by atoms with Crippen LogP contribution in [0.25, 0.3) is 0 Å². The van der Waals surface area contributed by atoms with Crippen molar-refractivity contribution in [1.29, 1.82) is 0 Å². The summed E-state index contributed by atoms with van der Waals surface area (Å²) in [6, 6.07) is 0. The number of hydrogen-bond donors (Lipinski definition) is 0. The predicted octanol–water partition coefficient (Wildman–Crippen LogP) is -0.196. The van der Waals surface area contributed by atoms with Crippen LogP contribution in [0.2, 0.25) is 0 Å². The maximum Gasteiger partial charge on any atom is 0.331 e. The summed E-state index contributed by atoms with van der Waals surface area (Å²) in [6.45, 7) is 5.57. The minimum absolute atomic E-state index is 0.0490. The number of carbonyl (C=O) groups is 1. The van der Waals surface area contributed by atoms with Gasteiger partial charge >= 0.3 is 5.97 Å². The van der Waals surface area contributed by atoms with Gasteiger partial charge in [-0.3, -0.25) is 0 Å². The second kappa shape index (κ2) is 17.6. The Kier molecular flexibility index (Phi) is 17.0. The van der Waals surface area contributed by atoms with Crippen LogP contribution in [0.4, 0.5) is 0 Å². The molecule has 0 N–H and O–H groups in total. The Morgan fingerprint density at radius 2 is 1.09 bits per heavy atom. The van der Waals surface area contributed by atoms with E-state index < -0.39 is 5.97 Å². The lowest BCUT2D eigenvalue weighted by atomic mass is 10.6. The zero-order chi connectivity index (χ0) is 17.2. The molecule has 8 nitrogen and oxygen atoms in total. The van der Waals surface area contributed by atoms with Gasteiger partial charge in [-0.15, -0.1) is 0 Å². The van der Waals surface area contributed by atoms with Gasteiger partial charge in [-0.1, -0.05) is 0 Å². The molecule has 0 aromatic rings. The summed E-state index contributed by atoms with van der Waals surface area (Å²) in [5.41, 5.74) is 0. The summed E-state index contributed by atoms with van der Waals surface area (Å²) in [7, 11) is 5.34. The van der Waals surface area contributed by atoms with E-state index in [9.17, 15) is 4.79 Å². The molecule has 0 unspecified atom stereocenters. The third-order valence-corrected chi connectivity index (χ3v) is 2.62. The summed E-state index contributed by atoms with van der Waals surface area (Å²) in [5, 5.41) is 0. The van der Waals surface area contributed by atoms with Gasteiger partial charge in [0.25, 0.3) is 0 Å². The molecule has 0 aliphatic heterocycles. The SMILES string of the molecule is COC(=O)COCCOCCOCCOCCOCCN(C)C. The Balaban J connectivity index is 3.01. The first-order chi connectivity index (χ1) is 11.2. The molecule has 0 aromatic carbocycles. The highest BCUT2D eigenvalue weighted by atomic mass is 16.6. The Morgan fingerprint density at radius 3 is 1.48 bits per heavy atom. The fraction of sp³-hybridized carbons (Fsp3) is 0.933. The summed E-state index contributed by atoms with van der Waals surface area (Å²) < 4.78 is 30.8. The number of esters is 1. The molecule has 0 rings (SSSR count). The van der Waals surface area contributed by atoms with E-state index in [1.165, 1.54) is 7.11 Å². The quantitative estimate of drug-likeness (QED) is 0.267. The third kappa shape index (κ3) is 19.2. The zero-order valence-electron chi connectivity index (χ0n) is 14.6. The lowest BCUT2D eigenvalue weighted by molar-refractivity contribution is -0.146. The first-order valence-corrected chi connectivity index (χ1v) is 7.77. The van der Waals surface area contributed by atoms with Crippen LogP contribution in [-0.2, 0) is 33.2 Å². The number of methoxy groups -OCH3 is 1. The molecule has 0 fully saturated rings. The highest BCUT2D eigenvalue weighted by molar-refractivity contribution is 5.70. The van der Waals surface area contributed by atoms with Gasteiger partial charge in [-0.25, -0.2) is 4.79 Å². The number of nitrogens with zero attached hydrogens (tertiary/aromatic N) is 1.